The van der Waals surface area contributed by atoms with Gasteiger partial charge in [0.15, 0.2) is 5.49 Å². The molecule has 1 atom stereocenters. The van der Waals surface area contributed by atoms with Gasteiger partial charge in [-0.1, -0.05) is 12.1 Å². The van der Waals surface area contributed by atoms with Gasteiger partial charge in [-0.3, -0.25) is 19.0 Å². The zero-order valence-electron chi connectivity index (χ0n) is 15.9. The molecule has 28 heavy (non-hydrogen) atoms. The fraction of sp³-hybridized carbons (Fsp3) is 0.421. The van der Waals surface area contributed by atoms with Crippen molar-refractivity contribution in [2.45, 2.75) is 12.6 Å². The van der Waals surface area contributed by atoms with Crippen molar-refractivity contribution in [3.05, 3.63) is 57.2 Å². The van der Waals surface area contributed by atoms with Gasteiger partial charge in [-0.2, -0.15) is 5.26 Å². The summed E-state index contributed by atoms with van der Waals surface area (Å²) in [6, 6.07) is 8.47. The van der Waals surface area contributed by atoms with Gasteiger partial charge in [0.25, 0.3) is 0 Å². The molecule has 0 bridgehead atoms. The van der Waals surface area contributed by atoms with Crippen molar-refractivity contribution in [3.8, 4) is 6.07 Å². The fourth-order valence-electron chi connectivity index (χ4n) is 3.23. The van der Waals surface area contributed by atoms with Crippen LogP contribution < -0.4 is 16.9 Å². The Hall–Kier alpha value is -2.96. The normalized spacial score (nSPS) is 18.2. The minimum atomic E-state index is -0.349. The lowest BCUT2D eigenvalue weighted by Gasteiger charge is -2.32. The zero-order valence-corrected chi connectivity index (χ0v) is 15.9. The van der Waals surface area contributed by atoms with E-state index >= 15 is 0 Å². The first-order chi connectivity index (χ1) is 13.4. The Morgan fingerprint density at radius 3 is 2.71 bits per heavy atom. The number of hydrogen-bond donors (Lipinski definition) is 1. The Kier molecular flexibility index (Phi) is 5.92. The number of morpholine rings is 1. The molecule has 0 amide bonds. The summed E-state index contributed by atoms with van der Waals surface area (Å²) in [5, 5.41) is 9.42. The fourth-order valence-corrected chi connectivity index (χ4v) is 3.23. The van der Waals surface area contributed by atoms with E-state index in [0.29, 0.717) is 26.2 Å². The van der Waals surface area contributed by atoms with Crippen LogP contribution in [0.5, 0.6) is 0 Å². The predicted octanol–water partition coefficient (Wildman–Crippen LogP) is 0.118. The number of benzene rings is 1. The largest absolute Gasteiger partial charge is 0.384 e. The number of nitrogen functional groups attached to an aromatic ring is 1. The Balaban J connectivity index is 1.76. The minimum Gasteiger partial charge on any atom is -0.384 e. The van der Waals surface area contributed by atoms with Gasteiger partial charge in [0, 0.05) is 33.7 Å². The SMILES string of the molecule is Cn1c(N)c(C#N)c(=NCC2CN(Cc3ccc(F)cc3)CCO2)n(C)c1=O. The molecular weight excluding hydrogens is 363 g/mol. The van der Waals surface area contributed by atoms with E-state index in [1.54, 1.807) is 19.2 Å². The first kappa shape index (κ1) is 19.8. The van der Waals surface area contributed by atoms with Crippen molar-refractivity contribution in [1.29, 1.82) is 5.26 Å². The molecule has 1 aromatic carbocycles. The maximum absolute atomic E-state index is 13.1. The van der Waals surface area contributed by atoms with E-state index < -0.39 is 0 Å². The average molecular weight is 386 g/mol. The van der Waals surface area contributed by atoms with Crippen molar-refractivity contribution < 1.29 is 9.13 Å². The molecule has 0 saturated carbocycles. The van der Waals surface area contributed by atoms with Crippen LogP contribution in [0, 0.1) is 17.1 Å². The molecule has 1 saturated heterocycles. The third-order valence-electron chi connectivity index (χ3n) is 4.83. The van der Waals surface area contributed by atoms with Crippen molar-refractivity contribution in [2.24, 2.45) is 19.1 Å². The lowest BCUT2D eigenvalue weighted by Crippen LogP contribution is -2.44. The highest BCUT2D eigenvalue weighted by atomic mass is 19.1. The van der Waals surface area contributed by atoms with E-state index in [2.05, 4.69) is 9.89 Å². The molecule has 1 aromatic heterocycles. The van der Waals surface area contributed by atoms with Crippen LogP contribution in [-0.2, 0) is 25.4 Å². The molecule has 0 radical (unpaired) electrons. The molecular formula is C19H23FN6O2. The van der Waals surface area contributed by atoms with Crippen molar-refractivity contribution in [2.75, 3.05) is 32.0 Å². The van der Waals surface area contributed by atoms with Gasteiger partial charge in [-0.15, -0.1) is 0 Å². The quantitative estimate of drug-likeness (QED) is 0.804. The third kappa shape index (κ3) is 4.13. The van der Waals surface area contributed by atoms with Gasteiger partial charge >= 0.3 is 5.69 Å². The Labute approximate surface area is 161 Å². The third-order valence-corrected chi connectivity index (χ3v) is 4.83. The highest BCUT2D eigenvalue weighted by Crippen LogP contribution is 2.11. The summed E-state index contributed by atoms with van der Waals surface area (Å²) in [6.45, 7) is 2.96. The molecule has 2 heterocycles. The number of ether oxygens (including phenoxy) is 1. The van der Waals surface area contributed by atoms with Gasteiger partial charge in [0.2, 0.25) is 0 Å². The highest BCUT2D eigenvalue weighted by Gasteiger charge is 2.21. The molecule has 1 aliphatic rings. The maximum atomic E-state index is 13.1. The predicted molar refractivity (Wildman–Crippen MR) is 102 cm³/mol. The van der Waals surface area contributed by atoms with Crippen LogP contribution in [0.3, 0.4) is 0 Å². The smallest absolute Gasteiger partial charge is 0.330 e. The van der Waals surface area contributed by atoms with Gasteiger partial charge in [0.1, 0.15) is 23.3 Å². The molecule has 0 aliphatic carbocycles. The lowest BCUT2D eigenvalue weighted by atomic mass is 10.2. The second-order valence-corrected chi connectivity index (χ2v) is 6.79. The van der Waals surface area contributed by atoms with Gasteiger partial charge in [-0.05, 0) is 17.7 Å². The standard InChI is InChI=1S/C19H23FN6O2/c1-24-17(22)16(9-21)18(25(2)19(24)27)23-10-15-12-26(7-8-28-15)11-13-3-5-14(20)6-4-13/h3-6,15H,7-8,10-12,22H2,1-2H3. The molecule has 3 rings (SSSR count). The van der Waals surface area contributed by atoms with Crippen molar-refractivity contribution >= 4 is 5.82 Å². The molecule has 0 spiro atoms. The topological polar surface area (TPSA) is 102 Å². The molecule has 1 unspecified atom stereocenters. The van der Waals surface area contributed by atoms with E-state index in [-0.39, 0.29) is 34.5 Å². The van der Waals surface area contributed by atoms with E-state index in [4.69, 9.17) is 10.5 Å². The molecule has 8 nitrogen and oxygen atoms in total. The summed E-state index contributed by atoms with van der Waals surface area (Å²) in [7, 11) is 3.07. The van der Waals surface area contributed by atoms with Crippen LogP contribution in [0.25, 0.3) is 0 Å². The van der Waals surface area contributed by atoms with E-state index in [1.807, 2.05) is 6.07 Å². The number of nitriles is 1. The Morgan fingerprint density at radius 2 is 2.04 bits per heavy atom. The summed E-state index contributed by atoms with van der Waals surface area (Å²) >= 11 is 0. The number of anilines is 1. The van der Waals surface area contributed by atoms with Gasteiger partial charge in [0.05, 0.1) is 19.3 Å². The van der Waals surface area contributed by atoms with Crippen LogP contribution in [0.2, 0.25) is 0 Å². The summed E-state index contributed by atoms with van der Waals surface area (Å²) in [6.07, 6.45) is -0.175. The number of nitrogens with zero attached hydrogens (tertiary/aromatic N) is 5. The van der Waals surface area contributed by atoms with Crippen molar-refractivity contribution in [3.63, 3.8) is 0 Å². The van der Waals surface area contributed by atoms with Gasteiger partial charge < -0.3 is 10.5 Å². The van der Waals surface area contributed by atoms with Crippen molar-refractivity contribution in [1.82, 2.24) is 14.0 Å². The molecule has 2 N–H and O–H groups in total. The van der Waals surface area contributed by atoms with Crippen LogP contribution in [0.4, 0.5) is 10.2 Å². The Morgan fingerprint density at radius 1 is 1.32 bits per heavy atom. The summed E-state index contributed by atoms with van der Waals surface area (Å²) in [5.74, 6) is -0.163. The number of rotatable bonds is 4. The summed E-state index contributed by atoms with van der Waals surface area (Å²) in [5.41, 5.74) is 6.99. The monoisotopic (exact) mass is 386 g/mol. The summed E-state index contributed by atoms with van der Waals surface area (Å²) < 4.78 is 21.4. The maximum Gasteiger partial charge on any atom is 0.330 e. The zero-order chi connectivity index (χ0) is 20.3. The van der Waals surface area contributed by atoms with Crippen LogP contribution in [0.1, 0.15) is 11.1 Å². The van der Waals surface area contributed by atoms with E-state index in [1.165, 1.54) is 28.3 Å². The second kappa shape index (κ2) is 8.37. The van der Waals surface area contributed by atoms with Crippen LogP contribution in [-0.4, -0.2) is 46.4 Å². The first-order valence-electron chi connectivity index (χ1n) is 8.95. The molecule has 9 heteroatoms. The second-order valence-electron chi connectivity index (χ2n) is 6.79. The lowest BCUT2D eigenvalue weighted by molar-refractivity contribution is -0.0262. The Bertz CT molecular complexity index is 1020. The van der Waals surface area contributed by atoms with Gasteiger partial charge in [-0.25, -0.2) is 9.18 Å². The summed E-state index contributed by atoms with van der Waals surface area (Å²) in [4.78, 5) is 18.9. The number of hydrogen-bond acceptors (Lipinski definition) is 6. The van der Waals surface area contributed by atoms with Crippen LogP contribution in [0.15, 0.2) is 34.1 Å². The minimum absolute atomic E-state index is 0.0897. The molecule has 1 fully saturated rings. The van der Waals surface area contributed by atoms with E-state index in [9.17, 15) is 14.4 Å². The highest BCUT2D eigenvalue weighted by molar-refractivity contribution is 5.46. The molecule has 1 aliphatic heterocycles. The number of halogens is 1. The molecule has 2 aromatic rings. The number of aromatic nitrogens is 2. The van der Waals surface area contributed by atoms with E-state index in [0.717, 1.165) is 12.1 Å². The van der Waals surface area contributed by atoms with Crippen LogP contribution >= 0.6 is 0 Å². The first-order valence-corrected chi connectivity index (χ1v) is 8.95. The average Bonchev–Trinajstić information content (AvgIpc) is 2.70. The molecule has 148 valence electrons. The number of nitrogens with two attached hydrogens (primary N) is 1.